The lowest BCUT2D eigenvalue weighted by Gasteiger charge is -2.25. The molecule has 160 valence electrons. The van der Waals surface area contributed by atoms with E-state index in [9.17, 15) is 14.0 Å². The van der Waals surface area contributed by atoms with Gasteiger partial charge in [0.2, 0.25) is 11.8 Å². The summed E-state index contributed by atoms with van der Waals surface area (Å²) in [6, 6.07) is 8.42. The summed E-state index contributed by atoms with van der Waals surface area (Å²) in [5, 5.41) is 5.76. The van der Waals surface area contributed by atoms with E-state index in [2.05, 4.69) is 20.5 Å². The molecule has 2 aromatic rings. The smallest absolute Gasteiger partial charge is 0.243 e. The summed E-state index contributed by atoms with van der Waals surface area (Å²) in [6.45, 7) is 3.96. The van der Waals surface area contributed by atoms with Crippen LogP contribution in [0.15, 0.2) is 42.6 Å². The van der Waals surface area contributed by atoms with Crippen LogP contribution in [0.2, 0.25) is 0 Å². The normalized spacial score (nSPS) is 17.5. The minimum atomic E-state index is -0.760. The van der Waals surface area contributed by atoms with Crippen LogP contribution in [0.3, 0.4) is 0 Å². The summed E-state index contributed by atoms with van der Waals surface area (Å²) < 4.78 is 13.2. The Labute approximate surface area is 175 Å². The molecule has 8 heteroatoms. The minimum Gasteiger partial charge on any atom is -0.384 e. The van der Waals surface area contributed by atoms with E-state index in [-0.39, 0.29) is 36.6 Å². The van der Waals surface area contributed by atoms with Crippen molar-refractivity contribution in [2.24, 2.45) is 0 Å². The molecule has 0 aliphatic carbocycles. The van der Waals surface area contributed by atoms with Gasteiger partial charge < -0.3 is 16.4 Å². The zero-order chi connectivity index (χ0) is 21.5. The number of carbonyl (C=O) groups is 2. The first kappa shape index (κ1) is 21.7. The van der Waals surface area contributed by atoms with Crippen LogP contribution in [-0.2, 0) is 22.6 Å². The number of pyridine rings is 1. The van der Waals surface area contributed by atoms with E-state index in [1.54, 1.807) is 30.5 Å². The number of carbonyl (C=O) groups excluding carboxylic acids is 2. The van der Waals surface area contributed by atoms with Crippen molar-refractivity contribution in [1.29, 1.82) is 0 Å². The highest BCUT2D eigenvalue weighted by atomic mass is 19.1. The standard InChI is InChI=1S/C22H28FN5O2/c1-2-28-11-3-4-19(28)22(30)27-18(12-15-5-8-17(23)9-6-15)21(29)26-14-16-7-10-20(24)25-13-16/h5-10,13,18-19H,2-4,11-12,14H2,1H3,(H2,24,25)(H,26,29)(H,27,30)/t18-,19?/m0/s1. The number of hydrogen-bond acceptors (Lipinski definition) is 5. The predicted molar refractivity (Wildman–Crippen MR) is 113 cm³/mol. The van der Waals surface area contributed by atoms with Crippen LogP contribution >= 0.6 is 0 Å². The number of likely N-dealkylation sites (N-methyl/N-ethyl adjacent to an activating group) is 1. The number of hydrogen-bond donors (Lipinski definition) is 3. The molecule has 1 fully saturated rings. The molecule has 1 saturated heterocycles. The maximum atomic E-state index is 13.2. The number of benzene rings is 1. The molecule has 3 rings (SSSR count). The van der Waals surface area contributed by atoms with Crippen LogP contribution in [0.25, 0.3) is 0 Å². The van der Waals surface area contributed by atoms with Gasteiger partial charge in [-0.05, 0) is 55.3 Å². The Balaban J connectivity index is 1.68. The van der Waals surface area contributed by atoms with Crippen molar-refractivity contribution >= 4 is 17.6 Å². The highest BCUT2D eigenvalue weighted by Gasteiger charge is 2.32. The molecule has 0 saturated carbocycles. The number of nitrogens with one attached hydrogen (secondary N) is 2. The molecule has 2 atom stereocenters. The number of likely N-dealkylation sites (tertiary alicyclic amines) is 1. The fourth-order valence-corrected chi connectivity index (χ4v) is 3.69. The van der Waals surface area contributed by atoms with Crippen molar-refractivity contribution in [3.05, 3.63) is 59.5 Å². The lowest BCUT2D eigenvalue weighted by Crippen LogP contribution is -2.53. The number of amides is 2. The molecule has 1 aliphatic rings. The van der Waals surface area contributed by atoms with E-state index >= 15 is 0 Å². The molecule has 4 N–H and O–H groups in total. The number of nitrogens with two attached hydrogens (primary N) is 1. The van der Waals surface area contributed by atoms with Crippen molar-refractivity contribution in [2.75, 3.05) is 18.8 Å². The van der Waals surface area contributed by atoms with Crippen LogP contribution in [0.1, 0.15) is 30.9 Å². The summed E-state index contributed by atoms with van der Waals surface area (Å²) >= 11 is 0. The molecule has 2 amide bonds. The van der Waals surface area contributed by atoms with Gasteiger partial charge in [0, 0.05) is 19.2 Å². The van der Waals surface area contributed by atoms with Gasteiger partial charge in [0.25, 0.3) is 0 Å². The lowest BCUT2D eigenvalue weighted by atomic mass is 10.0. The van der Waals surface area contributed by atoms with Gasteiger partial charge in [-0.2, -0.15) is 0 Å². The number of nitrogen functional groups attached to an aromatic ring is 1. The third-order valence-corrected chi connectivity index (χ3v) is 5.37. The van der Waals surface area contributed by atoms with Gasteiger partial charge in [-0.1, -0.05) is 25.1 Å². The molecular formula is C22H28FN5O2. The summed E-state index contributed by atoms with van der Waals surface area (Å²) in [7, 11) is 0. The van der Waals surface area contributed by atoms with Crippen LogP contribution in [-0.4, -0.2) is 46.9 Å². The Morgan fingerprint density at radius 2 is 1.97 bits per heavy atom. The maximum absolute atomic E-state index is 13.2. The molecule has 7 nitrogen and oxygen atoms in total. The van der Waals surface area contributed by atoms with Gasteiger partial charge >= 0.3 is 0 Å². The molecular weight excluding hydrogens is 385 g/mol. The van der Waals surface area contributed by atoms with E-state index in [1.165, 1.54) is 12.1 Å². The molecule has 1 aliphatic heterocycles. The zero-order valence-corrected chi connectivity index (χ0v) is 17.1. The summed E-state index contributed by atoms with van der Waals surface area (Å²) in [6.07, 6.45) is 3.62. The molecule has 1 unspecified atom stereocenters. The topological polar surface area (TPSA) is 100 Å². The summed E-state index contributed by atoms with van der Waals surface area (Å²) in [4.78, 5) is 31.9. The van der Waals surface area contributed by atoms with E-state index in [0.717, 1.165) is 37.1 Å². The average Bonchev–Trinajstić information content (AvgIpc) is 3.23. The van der Waals surface area contributed by atoms with Gasteiger partial charge in [-0.15, -0.1) is 0 Å². The third kappa shape index (κ3) is 5.76. The Hall–Kier alpha value is -3.00. The van der Waals surface area contributed by atoms with E-state index in [0.29, 0.717) is 5.82 Å². The Kier molecular flexibility index (Phi) is 7.35. The summed E-state index contributed by atoms with van der Waals surface area (Å²) in [5.41, 5.74) is 7.16. The number of anilines is 1. The Morgan fingerprint density at radius 1 is 1.23 bits per heavy atom. The SMILES string of the molecule is CCN1CCCC1C(=O)N[C@@H](Cc1ccc(F)cc1)C(=O)NCc1ccc(N)nc1. The predicted octanol–water partition coefficient (Wildman–Crippen LogP) is 1.63. The fraction of sp³-hybridized carbons (Fsp3) is 0.409. The van der Waals surface area contributed by atoms with Gasteiger partial charge in [0.15, 0.2) is 0 Å². The largest absolute Gasteiger partial charge is 0.384 e. The van der Waals surface area contributed by atoms with Crippen molar-refractivity contribution in [3.8, 4) is 0 Å². The Bertz CT molecular complexity index is 857. The van der Waals surface area contributed by atoms with Crippen LogP contribution in [0.4, 0.5) is 10.2 Å². The zero-order valence-electron chi connectivity index (χ0n) is 17.1. The first-order chi connectivity index (χ1) is 14.5. The highest BCUT2D eigenvalue weighted by Crippen LogP contribution is 2.17. The van der Waals surface area contributed by atoms with Gasteiger partial charge in [-0.25, -0.2) is 9.37 Å². The first-order valence-corrected chi connectivity index (χ1v) is 10.2. The monoisotopic (exact) mass is 413 g/mol. The van der Waals surface area contributed by atoms with Crippen molar-refractivity contribution in [1.82, 2.24) is 20.5 Å². The summed E-state index contributed by atoms with van der Waals surface area (Å²) in [5.74, 6) is -0.385. The highest BCUT2D eigenvalue weighted by molar-refractivity contribution is 5.90. The molecule has 30 heavy (non-hydrogen) atoms. The molecule has 0 radical (unpaired) electrons. The lowest BCUT2D eigenvalue weighted by molar-refractivity contribution is -0.131. The van der Waals surface area contributed by atoms with Crippen LogP contribution < -0.4 is 16.4 Å². The Morgan fingerprint density at radius 3 is 2.63 bits per heavy atom. The second-order valence-electron chi connectivity index (χ2n) is 7.49. The third-order valence-electron chi connectivity index (χ3n) is 5.37. The minimum absolute atomic E-state index is 0.147. The number of nitrogens with zero attached hydrogens (tertiary/aromatic N) is 2. The van der Waals surface area contributed by atoms with Gasteiger partial charge in [0.1, 0.15) is 17.7 Å². The molecule has 1 aromatic carbocycles. The van der Waals surface area contributed by atoms with Gasteiger partial charge in [0.05, 0.1) is 6.04 Å². The maximum Gasteiger partial charge on any atom is 0.243 e. The number of aromatic nitrogens is 1. The van der Waals surface area contributed by atoms with Gasteiger partial charge in [-0.3, -0.25) is 14.5 Å². The second-order valence-corrected chi connectivity index (χ2v) is 7.49. The number of rotatable bonds is 8. The van der Waals surface area contributed by atoms with Crippen LogP contribution in [0.5, 0.6) is 0 Å². The van der Waals surface area contributed by atoms with E-state index < -0.39 is 6.04 Å². The average molecular weight is 413 g/mol. The molecule has 0 spiro atoms. The molecule has 2 heterocycles. The number of halogens is 1. The van der Waals surface area contributed by atoms with Crippen LogP contribution in [0, 0.1) is 5.82 Å². The van der Waals surface area contributed by atoms with Crippen molar-refractivity contribution in [3.63, 3.8) is 0 Å². The fourth-order valence-electron chi connectivity index (χ4n) is 3.69. The first-order valence-electron chi connectivity index (χ1n) is 10.2. The second kappa shape index (κ2) is 10.2. The molecule has 1 aromatic heterocycles. The molecule has 0 bridgehead atoms. The van der Waals surface area contributed by atoms with E-state index in [1.807, 2.05) is 6.92 Å². The van der Waals surface area contributed by atoms with Crippen molar-refractivity contribution in [2.45, 2.75) is 44.8 Å². The van der Waals surface area contributed by atoms with Crippen molar-refractivity contribution < 1.29 is 14.0 Å². The quantitative estimate of drug-likeness (QED) is 0.611. The van der Waals surface area contributed by atoms with E-state index in [4.69, 9.17) is 5.73 Å².